The molecule has 0 amide bonds. The summed E-state index contributed by atoms with van der Waals surface area (Å²) in [6.45, 7) is 4.42. The maximum Gasteiger partial charge on any atom is 0.417 e. The van der Waals surface area contributed by atoms with Crippen LogP contribution in [-0.2, 0) is 10.0 Å². The van der Waals surface area contributed by atoms with E-state index in [4.69, 9.17) is 4.42 Å². The minimum absolute atomic E-state index is 0.123. The number of fused-ring (bicyclic) bond motifs is 1. The van der Waals surface area contributed by atoms with Crippen LogP contribution in [0, 0.1) is 0 Å². The smallest absolute Gasteiger partial charge is 0.408 e. The van der Waals surface area contributed by atoms with E-state index >= 15 is 0 Å². The van der Waals surface area contributed by atoms with Gasteiger partial charge >= 0.3 is 5.76 Å². The summed E-state index contributed by atoms with van der Waals surface area (Å²) in [5.74, 6) is -0.595. The minimum atomic E-state index is -3.60. The minimum Gasteiger partial charge on any atom is -0.408 e. The highest BCUT2D eigenvalue weighted by Crippen LogP contribution is 2.18. The SMILES string of the molecule is CCN1CCCC1CNS(=O)(=O)c1ccc2oc(=O)[nH]c2c1. The molecule has 2 heterocycles. The highest BCUT2D eigenvalue weighted by atomic mass is 32.2. The van der Waals surface area contributed by atoms with Gasteiger partial charge in [-0.1, -0.05) is 6.92 Å². The molecule has 0 spiro atoms. The Hall–Kier alpha value is -1.64. The van der Waals surface area contributed by atoms with Crippen molar-refractivity contribution in [3.63, 3.8) is 0 Å². The second kappa shape index (κ2) is 5.86. The molecule has 2 N–H and O–H groups in total. The lowest BCUT2D eigenvalue weighted by Crippen LogP contribution is -2.39. The summed E-state index contributed by atoms with van der Waals surface area (Å²) >= 11 is 0. The first-order chi connectivity index (χ1) is 10.5. The summed E-state index contributed by atoms with van der Waals surface area (Å²) in [5.41, 5.74) is 0.723. The number of aromatic nitrogens is 1. The molecule has 1 aliphatic rings. The molecule has 0 aliphatic carbocycles. The molecule has 1 unspecified atom stereocenters. The van der Waals surface area contributed by atoms with E-state index in [-0.39, 0.29) is 10.9 Å². The number of H-pyrrole nitrogens is 1. The number of hydrogen-bond acceptors (Lipinski definition) is 5. The number of nitrogens with one attached hydrogen (secondary N) is 2. The standard InChI is InChI=1S/C14H19N3O4S/c1-2-17-7-3-4-10(17)9-15-22(19,20)11-5-6-13-12(8-11)16-14(18)21-13/h5-6,8,10,15H,2-4,7,9H2,1H3,(H,16,18). The first-order valence-corrected chi connectivity index (χ1v) is 8.84. The number of sulfonamides is 1. The quantitative estimate of drug-likeness (QED) is 0.851. The second-order valence-corrected chi connectivity index (χ2v) is 7.22. The van der Waals surface area contributed by atoms with Crippen LogP contribution in [0.4, 0.5) is 0 Å². The third-order valence-electron chi connectivity index (χ3n) is 4.11. The summed E-state index contributed by atoms with van der Waals surface area (Å²) in [5, 5.41) is 0. The molecule has 3 rings (SSSR count). The van der Waals surface area contributed by atoms with Crippen LogP contribution in [0.3, 0.4) is 0 Å². The summed E-state index contributed by atoms with van der Waals surface area (Å²) < 4.78 is 32.3. The molecule has 1 aliphatic heterocycles. The van der Waals surface area contributed by atoms with Crippen LogP contribution >= 0.6 is 0 Å². The van der Waals surface area contributed by atoms with Crippen molar-refractivity contribution in [3.05, 3.63) is 28.7 Å². The zero-order valence-electron chi connectivity index (χ0n) is 12.3. The lowest BCUT2D eigenvalue weighted by atomic mass is 10.2. The third kappa shape index (κ3) is 2.94. The van der Waals surface area contributed by atoms with E-state index < -0.39 is 15.8 Å². The monoisotopic (exact) mass is 325 g/mol. The topological polar surface area (TPSA) is 95.4 Å². The number of oxazole rings is 1. The van der Waals surface area contributed by atoms with Gasteiger partial charge in [0.2, 0.25) is 10.0 Å². The van der Waals surface area contributed by atoms with Gasteiger partial charge in [-0.05, 0) is 44.1 Å². The molecule has 8 heteroatoms. The first-order valence-electron chi connectivity index (χ1n) is 7.36. The van der Waals surface area contributed by atoms with Crippen LogP contribution in [0.25, 0.3) is 11.1 Å². The maximum atomic E-state index is 12.4. The Kier molecular flexibility index (Phi) is 4.07. The fraction of sp³-hybridized carbons (Fsp3) is 0.500. The molecule has 0 saturated carbocycles. The third-order valence-corrected chi connectivity index (χ3v) is 5.54. The van der Waals surface area contributed by atoms with Crippen LogP contribution in [0.2, 0.25) is 0 Å². The van der Waals surface area contributed by atoms with Crippen molar-refractivity contribution in [2.24, 2.45) is 0 Å². The normalized spacial score (nSPS) is 20.0. The molecule has 1 atom stereocenters. The van der Waals surface area contributed by atoms with Crippen molar-refractivity contribution < 1.29 is 12.8 Å². The molecular weight excluding hydrogens is 306 g/mol. The molecular formula is C14H19N3O4S. The molecule has 0 bridgehead atoms. The van der Waals surface area contributed by atoms with Gasteiger partial charge in [0.1, 0.15) is 0 Å². The first kappa shape index (κ1) is 15.3. The predicted octanol–water partition coefficient (Wildman–Crippen LogP) is 0.884. The molecule has 1 saturated heterocycles. The van der Waals surface area contributed by atoms with Crippen LogP contribution in [0.5, 0.6) is 0 Å². The van der Waals surface area contributed by atoms with E-state index in [9.17, 15) is 13.2 Å². The lowest BCUT2D eigenvalue weighted by molar-refractivity contribution is 0.268. The van der Waals surface area contributed by atoms with Gasteiger partial charge in [0.25, 0.3) is 0 Å². The average Bonchev–Trinajstić information content (AvgIpc) is 3.08. The summed E-state index contributed by atoms with van der Waals surface area (Å²) in [6.07, 6.45) is 2.10. The number of benzene rings is 1. The number of aromatic amines is 1. The number of hydrogen-bond donors (Lipinski definition) is 2. The summed E-state index contributed by atoms with van der Waals surface area (Å²) in [6, 6.07) is 4.58. The van der Waals surface area contributed by atoms with Gasteiger partial charge < -0.3 is 4.42 Å². The highest BCUT2D eigenvalue weighted by molar-refractivity contribution is 7.89. The fourth-order valence-corrected chi connectivity index (χ4v) is 4.03. The maximum absolute atomic E-state index is 12.4. The van der Waals surface area contributed by atoms with E-state index in [1.165, 1.54) is 18.2 Å². The fourth-order valence-electron chi connectivity index (χ4n) is 2.93. The van der Waals surface area contributed by atoms with Gasteiger partial charge in [0.05, 0.1) is 10.4 Å². The number of rotatable bonds is 5. The van der Waals surface area contributed by atoms with Crippen molar-refractivity contribution >= 4 is 21.1 Å². The van der Waals surface area contributed by atoms with E-state index in [0.717, 1.165) is 25.9 Å². The molecule has 120 valence electrons. The van der Waals surface area contributed by atoms with Gasteiger partial charge in [0, 0.05) is 12.6 Å². The van der Waals surface area contributed by atoms with E-state index in [1.54, 1.807) is 0 Å². The van der Waals surface area contributed by atoms with Crippen molar-refractivity contribution in [2.45, 2.75) is 30.7 Å². The van der Waals surface area contributed by atoms with Crippen molar-refractivity contribution in [2.75, 3.05) is 19.6 Å². The Morgan fingerprint density at radius 2 is 2.27 bits per heavy atom. The zero-order valence-corrected chi connectivity index (χ0v) is 13.1. The molecule has 2 aromatic rings. The number of nitrogens with zero attached hydrogens (tertiary/aromatic N) is 1. The molecule has 1 aromatic carbocycles. The highest BCUT2D eigenvalue weighted by Gasteiger charge is 2.25. The van der Waals surface area contributed by atoms with Gasteiger partial charge in [-0.3, -0.25) is 9.88 Å². The Bertz CT molecular complexity index is 824. The van der Waals surface area contributed by atoms with Gasteiger partial charge in [-0.2, -0.15) is 0 Å². The van der Waals surface area contributed by atoms with Gasteiger partial charge in [-0.25, -0.2) is 17.9 Å². The summed E-state index contributed by atoms with van der Waals surface area (Å²) in [4.78, 5) is 16.0. The zero-order chi connectivity index (χ0) is 15.7. The van der Waals surface area contributed by atoms with Crippen molar-refractivity contribution in [3.8, 4) is 0 Å². The number of likely N-dealkylation sites (N-methyl/N-ethyl adjacent to an activating group) is 1. The van der Waals surface area contributed by atoms with Crippen molar-refractivity contribution in [1.29, 1.82) is 0 Å². The second-order valence-electron chi connectivity index (χ2n) is 5.45. The van der Waals surface area contributed by atoms with Crippen LogP contribution in [0.1, 0.15) is 19.8 Å². The molecule has 1 fully saturated rings. The Morgan fingerprint density at radius 1 is 1.45 bits per heavy atom. The van der Waals surface area contributed by atoms with E-state index in [2.05, 4.69) is 21.5 Å². The Balaban J connectivity index is 1.77. The predicted molar refractivity (Wildman–Crippen MR) is 82.3 cm³/mol. The van der Waals surface area contributed by atoms with Crippen molar-refractivity contribution in [1.82, 2.24) is 14.6 Å². The van der Waals surface area contributed by atoms with Crippen LogP contribution in [-0.4, -0.2) is 44.0 Å². The van der Waals surface area contributed by atoms with E-state index in [0.29, 0.717) is 17.6 Å². The van der Waals surface area contributed by atoms with Gasteiger partial charge in [0.15, 0.2) is 5.58 Å². The Morgan fingerprint density at radius 3 is 3.05 bits per heavy atom. The van der Waals surface area contributed by atoms with Crippen LogP contribution < -0.4 is 10.5 Å². The Labute approximate surface area is 128 Å². The lowest BCUT2D eigenvalue weighted by Gasteiger charge is -2.22. The van der Waals surface area contributed by atoms with Crippen LogP contribution in [0.15, 0.2) is 32.3 Å². The molecule has 0 radical (unpaired) electrons. The molecule has 7 nitrogen and oxygen atoms in total. The van der Waals surface area contributed by atoms with E-state index in [1.807, 2.05) is 0 Å². The average molecular weight is 325 g/mol. The largest absolute Gasteiger partial charge is 0.417 e. The molecule has 1 aromatic heterocycles. The van der Waals surface area contributed by atoms with Gasteiger partial charge in [-0.15, -0.1) is 0 Å². The summed E-state index contributed by atoms with van der Waals surface area (Å²) in [7, 11) is -3.60. The molecule has 22 heavy (non-hydrogen) atoms. The number of likely N-dealkylation sites (tertiary alicyclic amines) is 1.